The van der Waals surface area contributed by atoms with E-state index in [2.05, 4.69) is 0 Å². The van der Waals surface area contributed by atoms with Crippen molar-refractivity contribution in [3.63, 3.8) is 0 Å². The van der Waals surface area contributed by atoms with Gasteiger partial charge in [0, 0.05) is 18.5 Å². The third-order valence-electron chi connectivity index (χ3n) is 1.98. The van der Waals surface area contributed by atoms with Gasteiger partial charge in [-0.2, -0.15) is 0 Å². The van der Waals surface area contributed by atoms with Gasteiger partial charge in [0.1, 0.15) is 5.82 Å². The summed E-state index contributed by atoms with van der Waals surface area (Å²) in [7, 11) is 0. The Labute approximate surface area is 79.2 Å². The van der Waals surface area contributed by atoms with Crippen molar-refractivity contribution >= 4 is 0 Å². The summed E-state index contributed by atoms with van der Waals surface area (Å²) in [6, 6.07) is 1.17. The summed E-state index contributed by atoms with van der Waals surface area (Å²) in [5.41, 5.74) is 5.13. The number of aliphatic hydroxyl groups excluding tert-OH is 1. The monoisotopic (exact) mass is 205 g/mol. The van der Waals surface area contributed by atoms with E-state index in [1.807, 2.05) is 0 Å². The normalized spacial score (nSPS) is 12.9. The molecular weight excluding hydrogens is 195 g/mol. The minimum Gasteiger partial charge on any atom is -0.396 e. The van der Waals surface area contributed by atoms with Gasteiger partial charge in [0.25, 0.3) is 0 Å². The second-order valence-electron chi connectivity index (χ2n) is 2.90. The number of nitrogens with two attached hydrogens (primary N) is 1. The maximum atomic E-state index is 13.1. The lowest BCUT2D eigenvalue weighted by Crippen LogP contribution is -2.17. The highest BCUT2D eigenvalue weighted by Gasteiger charge is 2.16. The van der Waals surface area contributed by atoms with Gasteiger partial charge in [-0.05, 0) is 11.6 Å². The summed E-state index contributed by atoms with van der Waals surface area (Å²) in [5, 5.41) is 8.80. The molecule has 1 unspecified atom stereocenters. The first kappa shape index (κ1) is 11.0. The van der Waals surface area contributed by atoms with E-state index in [0.29, 0.717) is 6.07 Å². The molecule has 0 radical (unpaired) electrons. The van der Waals surface area contributed by atoms with Crippen molar-refractivity contribution in [2.45, 2.75) is 5.92 Å². The first-order chi connectivity index (χ1) is 6.60. The van der Waals surface area contributed by atoms with E-state index in [9.17, 15) is 13.2 Å². The minimum atomic E-state index is -1.25. The van der Waals surface area contributed by atoms with Gasteiger partial charge in [0.2, 0.25) is 0 Å². The standard InChI is InChI=1S/C9H10F3NO/c10-7-2-9(12)8(11)1-6(7)5(3-13)4-14/h1-2,5,14H,3-4,13H2. The van der Waals surface area contributed by atoms with Gasteiger partial charge in [-0.15, -0.1) is 0 Å². The van der Waals surface area contributed by atoms with E-state index in [1.165, 1.54) is 0 Å². The Hall–Kier alpha value is -1.07. The molecule has 0 spiro atoms. The average Bonchev–Trinajstić information content (AvgIpc) is 2.15. The van der Waals surface area contributed by atoms with Gasteiger partial charge in [-0.1, -0.05) is 0 Å². The van der Waals surface area contributed by atoms with Crippen LogP contribution in [-0.4, -0.2) is 18.3 Å². The smallest absolute Gasteiger partial charge is 0.161 e. The lowest BCUT2D eigenvalue weighted by Gasteiger charge is -2.12. The molecule has 78 valence electrons. The molecule has 5 heteroatoms. The van der Waals surface area contributed by atoms with Crippen molar-refractivity contribution in [3.05, 3.63) is 35.1 Å². The molecule has 0 amide bonds. The highest BCUT2D eigenvalue weighted by Crippen LogP contribution is 2.21. The Morgan fingerprint density at radius 2 is 1.71 bits per heavy atom. The third-order valence-corrected chi connectivity index (χ3v) is 1.98. The topological polar surface area (TPSA) is 46.2 Å². The van der Waals surface area contributed by atoms with Crippen molar-refractivity contribution in [1.29, 1.82) is 0 Å². The average molecular weight is 205 g/mol. The third kappa shape index (κ3) is 2.05. The molecule has 0 fully saturated rings. The number of hydrogen-bond acceptors (Lipinski definition) is 2. The summed E-state index contributed by atoms with van der Waals surface area (Å²) in [5.74, 6) is -3.99. The fourth-order valence-electron chi connectivity index (χ4n) is 1.15. The van der Waals surface area contributed by atoms with Crippen molar-refractivity contribution in [3.8, 4) is 0 Å². The van der Waals surface area contributed by atoms with Crippen LogP contribution >= 0.6 is 0 Å². The molecular formula is C9H10F3NO. The van der Waals surface area contributed by atoms with Crippen LogP contribution in [0.5, 0.6) is 0 Å². The van der Waals surface area contributed by atoms with Crippen LogP contribution in [-0.2, 0) is 0 Å². The van der Waals surface area contributed by atoms with Gasteiger partial charge < -0.3 is 10.8 Å². The zero-order chi connectivity index (χ0) is 10.7. The van der Waals surface area contributed by atoms with Crippen LogP contribution in [0.2, 0.25) is 0 Å². The Balaban J connectivity index is 3.14. The van der Waals surface area contributed by atoms with Crippen LogP contribution in [0.15, 0.2) is 12.1 Å². The fraction of sp³-hybridized carbons (Fsp3) is 0.333. The number of rotatable bonds is 3. The second kappa shape index (κ2) is 4.43. The van der Waals surface area contributed by atoms with Crippen LogP contribution in [0.4, 0.5) is 13.2 Å². The molecule has 2 nitrogen and oxygen atoms in total. The van der Waals surface area contributed by atoms with Gasteiger partial charge in [-0.3, -0.25) is 0 Å². The Morgan fingerprint density at radius 1 is 1.14 bits per heavy atom. The number of aliphatic hydroxyl groups is 1. The predicted molar refractivity (Wildman–Crippen MR) is 45.2 cm³/mol. The Morgan fingerprint density at radius 3 is 2.21 bits per heavy atom. The van der Waals surface area contributed by atoms with Gasteiger partial charge >= 0.3 is 0 Å². The quantitative estimate of drug-likeness (QED) is 0.727. The van der Waals surface area contributed by atoms with E-state index < -0.39 is 30.0 Å². The van der Waals surface area contributed by atoms with Crippen molar-refractivity contribution in [2.24, 2.45) is 5.73 Å². The molecule has 0 heterocycles. The Bertz CT molecular complexity index is 326. The van der Waals surface area contributed by atoms with Crippen LogP contribution in [0.3, 0.4) is 0 Å². The van der Waals surface area contributed by atoms with Gasteiger partial charge in [0.15, 0.2) is 11.6 Å². The maximum absolute atomic E-state index is 13.1. The molecule has 14 heavy (non-hydrogen) atoms. The van der Waals surface area contributed by atoms with E-state index in [0.717, 1.165) is 6.07 Å². The van der Waals surface area contributed by atoms with Gasteiger partial charge in [-0.25, -0.2) is 13.2 Å². The lowest BCUT2D eigenvalue weighted by atomic mass is 9.99. The fourth-order valence-corrected chi connectivity index (χ4v) is 1.15. The molecule has 3 N–H and O–H groups in total. The molecule has 0 saturated carbocycles. The zero-order valence-electron chi connectivity index (χ0n) is 7.30. The minimum absolute atomic E-state index is 0.0293. The van der Waals surface area contributed by atoms with Crippen LogP contribution in [0.1, 0.15) is 11.5 Å². The molecule has 0 aliphatic rings. The van der Waals surface area contributed by atoms with E-state index >= 15 is 0 Å². The lowest BCUT2D eigenvalue weighted by molar-refractivity contribution is 0.264. The number of hydrogen-bond donors (Lipinski definition) is 2. The molecule has 0 saturated heterocycles. The summed E-state index contributed by atoms with van der Waals surface area (Å²) < 4.78 is 38.3. The van der Waals surface area contributed by atoms with Crippen LogP contribution in [0, 0.1) is 17.5 Å². The first-order valence-electron chi connectivity index (χ1n) is 4.05. The zero-order valence-corrected chi connectivity index (χ0v) is 7.30. The van der Waals surface area contributed by atoms with Crippen molar-refractivity contribution in [1.82, 2.24) is 0 Å². The van der Waals surface area contributed by atoms with Crippen molar-refractivity contribution < 1.29 is 18.3 Å². The van der Waals surface area contributed by atoms with Crippen LogP contribution < -0.4 is 5.73 Å². The molecule has 1 atom stereocenters. The highest BCUT2D eigenvalue weighted by atomic mass is 19.2. The first-order valence-corrected chi connectivity index (χ1v) is 4.05. The summed E-state index contributed by atoms with van der Waals surface area (Å²) >= 11 is 0. The van der Waals surface area contributed by atoms with E-state index in [4.69, 9.17) is 10.8 Å². The summed E-state index contributed by atoms with van der Waals surface area (Å²) in [4.78, 5) is 0. The molecule has 1 aromatic rings. The summed E-state index contributed by atoms with van der Waals surface area (Å²) in [6.45, 7) is -0.434. The largest absolute Gasteiger partial charge is 0.396 e. The van der Waals surface area contributed by atoms with Crippen molar-refractivity contribution in [2.75, 3.05) is 13.2 Å². The number of halogens is 3. The molecule has 0 bridgehead atoms. The van der Waals surface area contributed by atoms with E-state index in [1.54, 1.807) is 0 Å². The second-order valence-corrected chi connectivity index (χ2v) is 2.90. The maximum Gasteiger partial charge on any atom is 0.161 e. The predicted octanol–water partition coefficient (Wildman–Crippen LogP) is 1.14. The van der Waals surface area contributed by atoms with Gasteiger partial charge in [0.05, 0.1) is 6.61 Å². The molecule has 0 aliphatic heterocycles. The molecule has 0 aliphatic carbocycles. The number of benzene rings is 1. The highest BCUT2D eigenvalue weighted by molar-refractivity contribution is 5.24. The molecule has 1 aromatic carbocycles. The summed E-state index contributed by atoms with van der Waals surface area (Å²) in [6.07, 6.45) is 0. The van der Waals surface area contributed by atoms with E-state index in [-0.39, 0.29) is 12.1 Å². The van der Waals surface area contributed by atoms with Crippen LogP contribution in [0.25, 0.3) is 0 Å². The Kier molecular flexibility index (Phi) is 3.49. The SMILES string of the molecule is NCC(CO)c1cc(F)c(F)cc1F. The molecule has 0 aromatic heterocycles. The molecule has 1 rings (SSSR count).